The summed E-state index contributed by atoms with van der Waals surface area (Å²) >= 11 is 0. The normalized spacial score (nSPS) is 17.8. The minimum absolute atomic E-state index is 0.117. The van der Waals surface area contributed by atoms with Crippen LogP contribution in [0.15, 0.2) is 10.6 Å². The van der Waals surface area contributed by atoms with Crippen molar-refractivity contribution in [1.82, 2.24) is 15.0 Å². The highest BCUT2D eigenvalue weighted by molar-refractivity contribution is 5.91. The van der Waals surface area contributed by atoms with Crippen LogP contribution in [0.3, 0.4) is 0 Å². The predicted octanol–water partition coefficient (Wildman–Crippen LogP) is 2.36. The molecule has 10 heteroatoms. The lowest BCUT2D eigenvalue weighted by Gasteiger charge is -2.37. The van der Waals surface area contributed by atoms with Crippen molar-refractivity contribution in [2.45, 2.75) is 19.9 Å². The lowest BCUT2D eigenvalue weighted by molar-refractivity contribution is -0.0161. The molecule has 1 fully saturated rings. The van der Waals surface area contributed by atoms with Gasteiger partial charge in [-0.1, -0.05) is 19.0 Å². The number of rotatable bonds is 3. The van der Waals surface area contributed by atoms with Crippen molar-refractivity contribution in [3.05, 3.63) is 29.3 Å². The fourth-order valence-corrected chi connectivity index (χ4v) is 2.72. The number of amides is 1. The quantitative estimate of drug-likeness (QED) is 0.834. The number of aromatic hydroxyl groups is 1. The van der Waals surface area contributed by atoms with E-state index in [1.807, 2.05) is 13.8 Å². The zero-order valence-corrected chi connectivity index (χ0v) is 14.0. The number of hydrogen-bond donors (Lipinski definition) is 1. The van der Waals surface area contributed by atoms with E-state index in [9.17, 15) is 23.1 Å². The van der Waals surface area contributed by atoms with Gasteiger partial charge in [0.15, 0.2) is 17.4 Å². The van der Waals surface area contributed by atoms with Crippen molar-refractivity contribution in [2.24, 2.45) is 5.92 Å². The number of phenols is 1. The van der Waals surface area contributed by atoms with E-state index in [2.05, 4.69) is 10.1 Å². The summed E-state index contributed by atoms with van der Waals surface area (Å²) in [5, 5.41) is 12.8. The molecule has 1 aromatic heterocycles. The van der Waals surface area contributed by atoms with Crippen LogP contribution in [0, 0.1) is 23.4 Å². The number of carbonyl (C=O) groups excluding carboxylic acids is 1. The number of halogens is 3. The first-order chi connectivity index (χ1) is 12.3. The van der Waals surface area contributed by atoms with Gasteiger partial charge in [0, 0.05) is 6.54 Å². The molecule has 0 bridgehead atoms. The number of benzene rings is 1. The summed E-state index contributed by atoms with van der Waals surface area (Å²) in [6, 6.07) is 0.278. The smallest absolute Gasteiger partial charge is 0.295 e. The summed E-state index contributed by atoms with van der Waals surface area (Å²) in [6.07, 6.45) is 0. The van der Waals surface area contributed by atoms with E-state index >= 15 is 0 Å². The fraction of sp³-hybridized carbons (Fsp3) is 0.438. The molecule has 0 saturated carbocycles. The summed E-state index contributed by atoms with van der Waals surface area (Å²) in [7, 11) is 0. The van der Waals surface area contributed by atoms with Gasteiger partial charge in [-0.2, -0.15) is 9.37 Å². The number of hydrogen-bond acceptors (Lipinski definition) is 6. The van der Waals surface area contributed by atoms with Crippen molar-refractivity contribution in [2.75, 3.05) is 19.8 Å². The van der Waals surface area contributed by atoms with Gasteiger partial charge in [0.05, 0.1) is 24.8 Å². The molecule has 1 saturated heterocycles. The Kier molecular flexibility index (Phi) is 4.86. The number of carbonyl (C=O) groups is 1. The Morgan fingerprint density at radius 1 is 1.35 bits per heavy atom. The Labute approximate surface area is 146 Å². The minimum atomic E-state index is -1.73. The van der Waals surface area contributed by atoms with Crippen LogP contribution >= 0.6 is 0 Å². The maximum Gasteiger partial charge on any atom is 0.295 e. The molecule has 1 amide bonds. The third-order valence-electron chi connectivity index (χ3n) is 4.18. The minimum Gasteiger partial charge on any atom is -0.503 e. The first-order valence-corrected chi connectivity index (χ1v) is 7.90. The molecule has 1 atom stereocenters. The number of ether oxygens (including phenoxy) is 1. The molecule has 7 nitrogen and oxygen atoms in total. The van der Waals surface area contributed by atoms with E-state index in [0.717, 1.165) is 0 Å². The van der Waals surface area contributed by atoms with Crippen molar-refractivity contribution >= 4 is 5.91 Å². The Bertz CT molecular complexity index is 840. The molecule has 1 unspecified atom stereocenters. The van der Waals surface area contributed by atoms with Crippen molar-refractivity contribution in [3.63, 3.8) is 0 Å². The van der Waals surface area contributed by atoms with E-state index in [-0.39, 0.29) is 17.8 Å². The first-order valence-electron chi connectivity index (χ1n) is 7.90. The van der Waals surface area contributed by atoms with Crippen LogP contribution in [0.4, 0.5) is 13.2 Å². The van der Waals surface area contributed by atoms with Gasteiger partial charge in [-0.3, -0.25) is 4.79 Å². The van der Waals surface area contributed by atoms with E-state index < -0.39 is 40.6 Å². The number of aromatic nitrogens is 2. The maximum absolute atomic E-state index is 14.0. The second-order valence-corrected chi connectivity index (χ2v) is 6.19. The zero-order valence-electron chi connectivity index (χ0n) is 14.0. The van der Waals surface area contributed by atoms with Crippen LogP contribution in [0.5, 0.6) is 5.75 Å². The molecule has 3 rings (SSSR count). The Morgan fingerprint density at radius 3 is 2.77 bits per heavy atom. The standard InChI is InChI=1S/C16H16F3N3O4/c1-7(2)10-6-25-4-3-22(10)16(24)14-20-15(26-21-14)8-5-9(17)12(19)13(23)11(8)18/h5,7,10,23H,3-4,6H2,1-2H3. The summed E-state index contributed by atoms with van der Waals surface area (Å²) in [6.45, 7) is 4.90. The van der Waals surface area contributed by atoms with Crippen molar-refractivity contribution < 1.29 is 32.3 Å². The summed E-state index contributed by atoms with van der Waals surface area (Å²) in [4.78, 5) is 17.9. The van der Waals surface area contributed by atoms with Crippen LogP contribution in [0.25, 0.3) is 11.5 Å². The van der Waals surface area contributed by atoms with E-state index in [1.54, 1.807) is 0 Å². The monoisotopic (exact) mass is 371 g/mol. The lowest BCUT2D eigenvalue weighted by Crippen LogP contribution is -2.51. The highest BCUT2D eigenvalue weighted by atomic mass is 19.2. The van der Waals surface area contributed by atoms with Crippen molar-refractivity contribution in [1.29, 1.82) is 0 Å². The van der Waals surface area contributed by atoms with Gasteiger partial charge < -0.3 is 19.3 Å². The van der Waals surface area contributed by atoms with Gasteiger partial charge >= 0.3 is 0 Å². The second-order valence-electron chi connectivity index (χ2n) is 6.19. The van der Waals surface area contributed by atoms with Gasteiger partial charge in [0.25, 0.3) is 17.6 Å². The highest BCUT2D eigenvalue weighted by Crippen LogP contribution is 2.31. The van der Waals surface area contributed by atoms with Gasteiger partial charge in [-0.25, -0.2) is 8.78 Å². The molecule has 26 heavy (non-hydrogen) atoms. The highest BCUT2D eigenvalue weighted by Gasteiger charge is 2.33. The molecule has 1 aromatic carbocycles. The largest absolute Gasteiger partial charge is 0.503 e. The molecule has 0 spiro atoms. The summed E-state index contributed by atoms with van der Waals surface area (Å²) in [5.41, 5.74) is -0.643. The van der Waals surface area contributed by atoms with Gasteiger partial charge in [0.2, 0.25) is 5.82 Å². The Balaban J connectivity index is 1.92. The number of morpholine rings is 1. The van der Waals surface area contributed by atoms with Crippen LogP contribution in [-0.2, 0) is 4.74 Å². The topological polar surface area (TPSA) is 88.7 Å². The molecule has 1 aliphatic rings. The average molecular weight is 371 g/mol. The molecule has 2 heterocycles. The van der Waals surface area contributed by atoms with Gasteiger partial charge in [-0.05, 0) is 12.0 Å². The van der Waals surface area contributed by atoms with E-state index in [1.165, 1.54) is 4.90 Å². The molecule has 2 aromatic rings. The Morgan fingerprint density at radius 2 is 2.08 bits per heavy atom. The van der Waals surface area contributed by atoms with Crippen LogP contribution in [0.2, 0.25) is 0 Å². The third kappa shape index (κ3) is 3.12. The summed E-state index contributed by atoms with van der Waals surface area (Å²) in [5.74, 6) is -7.50. The third-order valence-corrected chi connectivity index (χ3v) is 4.18. The number of phenolic OH excluding ortho intramolecular Hbond substituents is 1. The summed E-state index contributed by atoms with van der Waals surface area (Å²) < 4.78 is 50.7. The molecule has 0 radical (unpaired) electrons. The SMILES string of the molecule is CC(C)C1COCCN1C(=O)c1noc(-c2cc(F)c(F)c(O)c2F)n1. The predicted molar refractivity (Wildman–Crippen MR) is 81.8 cm³/mol. The first kappa shape index (κ1) is 18.2. The van der Waals surface area contributed by atoms with Gasteiger partial charge in [-0.15, -0.1) is 0 Å². The lowest BCUT2D eigenvalue weighted by atomic mass is 10.0. The van der Waals surface area contributed by atoms with Crippen LogP contribution < -0.4 is 0 Å². The molecule has 140 valence electrons. The zero-order chi connectivity index (χ0) is 19.0. The van der Waals surface area contributed by atoms with E-state index in [4.69, 9.17) is 9.26 Å². The van der Waals surface area contributed by atoms with Gasteiger partial charge in [0.1, 0.15) is 0 Å². The maximum atomic E-state index is 14.0. The molecule has 1 N–H and O–H groups in total. The molecule has 1 aliphatic heterocycles. The molecule has 0 aliphatic carbocycles. The van der Waals surface area contributed by atoms with Crippen LogP contribution in [-0.4, -0.2) is 51.9 Å². The van der Waals surface area contributed by atoms with E-state index in [0.29, 0.717) is 25.8 Å². The fourth-order valence-electron chi connectivity index (χ4n) is 2.72. The second kappa shape index (κ2) is 6.94. The molecular formula is C16H16F3N3O4. The average Bonchev–Trinajstić information content (AvgIpc) is 3.12. The molecular weight excluding hydrogens is 355 g/mol. The number of nitrogens with zero attached hydrogens (tertiary/aromatic N) is 3. The van der Waals surface area contributed by atoms with Crippen LogP contribution in [0.1, 0.15) is 24.5 Å². The van der Waals surface area contributed by atoms with Crippen molar-refractivity contribution in [3.8, 4) is 17.2 Å². The Hall–Kier alpha value is -2.62.